The second-order valence-corrected chi connectivity index (χ2v) is 3.51. The van der Waals surface area contributed by atoms with Gasteiger partial charge < -0.3 is 5.73 Å². The zero-order valence-corrected chi connectivity index (χ0v) is 8.04. The van der Waals surface area contributed by atoms with Crippen LogP contribution in [0.1, 0.15) is 0 Å². The van der Waals surface area contributed by atoms with Gasteiger partial charge in [-0.1, -0.05) is 0 Å². The third kappa shape index (κ3) is 1.49. The predicted molar refractivity (Wildman–Crippen MR) is 46.2 cm³/mol. The van der Waals surface area contributed by atoms with Gasteiger partial charge in [-0.2, -0.15) is 0 Å². The fourth-order valence-electron chi connectivity index (χ4n) is 0.575. The van der Waals surface area contributed by atoms with Crippen molar-refractivity contribution in [2.24, 2.45) is 0 Å². The molecule has 1 rings (SSSR count). The van der Waals surface area contributed by atoms with Crippen LogP contribution in [0.3, 0.4) is 0 Å². The van der Waals surface area contributed by atoms with Crippen molar-refractivity contribution in [1.29, 1.82) is 0 Å². The molecule has 1 aromatic rings. The minimum absolute atomic E-state index is 0.325. The summed E-state index contributed by atoms with van der Waals surface area (Å²) in [5.41, 5.74) is 5.93. The maximum absolute atomic E-state index is 12.8. The highest BCUT2D eigenvalue weighted by Crippen LogP contribution is 2.26. The Morgan fingerprint density at radius 1 is 1.20 bits per heavy atom. The highest BCUT2D eigenvalue weighted by molar-refractivity contribution is 9.11. The molecule has 0 unspecified atom stereocenters. The van der Waals surface area contributed by atoms with E-state index in [1.54, 1.807) is 0 Å². The highest BCUT2D eigenvalue weighted by atomic mass is 79.9. The lowest BCUT2D eigenvalue weighted by molar-refractivity contribution is 0.614. The average Bonchev–Trinajstić information content (AvgIpc) is 1.82. The Bertz CT molecular complexity index is 239. The van der Waals surface area contributed by atoms with Crippen molar-refractivity contribution in [2.75, 3.05) is 5.73 Å². The van der Waals surface area contributed by atoms with E-state index in [1.165, 1.54) is 12.1 Å². The minimum atomic E-state index is -0.325. The molecule has 4 heteroatoms. The Kier molecular flexibility index (Phi) is 2.31. The van der Waals surface area contributed by atoms with Gasteiger partial charge in [0.2, 0.25) is 0 Å². The SMILES string of the molecule is Nc1cc(Br)c(F)c(Br)c1. The van der Waals surface area contributed by atoms with E-state index in [0.717, 1.165) is 0 Å². The highest BCUT2D eigenvalue weighted by Gasteiger charge is 2.03. The van der Waals surface area contributed by atoms with Gasteiger partial charge in [0.25, 0.3) is 0 Å². The van der Waals surface area contributed by atoms with Gasteiger partial charge in [-0.15, -0.1) is 0 Å². The van der Waals surface area contributed by atoms with E-state index in [9.17, 15) is 4.39 Å². The van der Waals surface area contributed by atoms with Crippen LogP contribution in [0, 0.1) is 5.82 Å². The zero-order chi connectivity index (χ0) is 7.72. The number of rotatable bonds is 0. The molecular weight excluding hydrogens is 265 g/mol. The monoisotopic (exact) mass is 267 g/mol. The summed E-state index contributed by atoms with van der Waals surface area (Å²) in [7, 11) is 0. The van der Waals surface area contributed by atoms with Crippen LogP contribution in [-0.4, -0.2) is 0 Å². The van der Waals surface area contributed by atoms with Crippen molar-refractivity contribution in [1.82, 2.24) is 0 Å². The summed E-state index contributed by atoms with van der Waals surface area (Å²) in [5, 5.41) is 0. The molecule has 1 aromatic carbocycles. The molecular formula is C6H4Br2FN. The molecule has 0 saturated heterocycles. The summed E-state index contributed by atoms with van der Waals surface area (Å²) in [6, 6.07) is 3.03. The Labute approximate surface area is 74.7 Å². The van der Waals surface area contributed by atoms with Gasteiger partial charge >= 0.3 is 0 Å². The first-order valence-corrected chi connectivity index (χ1v) is 4.10. The maximum Gasteiger partial charge on any atom is 0.151 e. The lowest BCUT2D eigenvalue weighted by Crippen LogP contribution is -1.87. The Morgan fingerprint density at radius 3 is 2.00 bits per heavy atom. The topological polar surface area (TPSA) is 26.0 Å². The first-order valence-electron chi connectivity index (χ1n) is 2.51. The number of benzene rings is 1. The second-order valence-electron chi connectivity index (χ2n) is 1.80. The van der Waals surface area contributed by atoms with E-state index in [4.69, 9.17) is 5.73 Å². The number of hydrogen-bond donors (Lipinski definition) is 1. The van der Waals surface area contributed by atoms with Crippen molar-refractivity contribution in [3.8, 4) is 0 Å². The summed E-state index contributed by atoms with van der Waals surface area (Å²) in [4.78, 5) is 0. The fraction of sp³-hybridized carbons (Fsp3) is 0. The van der Waals surface area contributed by atoms with Crippen molar-refractivity contribution in [3.63, 3.8) is 0 Å². The molecule has 2 N–H and O–H groups in total. The Balaban J connectivity index is 3.31. The van der Waals surface area contributed by atoms with Crippen LogP contribution in [0.2, 0.25) is 0 Å². The van der Waals surface area contributed by atoms with Gasteiger partial charge in [0, 0.05) is 5.69 Å². The van der Waals surface area contributed by atoms with Crippen LogP contribution >= 0.6 is 31.9 Å². The molecule has 0 aliphatic rings. The largest absolute Gasteiger partial charge is 0.399 e. The minimum Gasteiger partial charge on any atom is -0.399 e. The lowest BCUT2D eigenvalue weighted by Gasteiger charge is -1.98. The molecule has 0 saturated carbocycles. The molecule has 0 radical (unpaired) electrons. The average molecular weight is 269 g/mol. The standard InChI is InChI=1S/C6H4Br2FN/c7-4-1-3(10)2-5(8)6(4)9/h1-2H,10H2. The van der Waals surface area contributed by atoms with Crippen molar-refractivity contribution >= 4 is 37.5 Å². The lowest BCUT2D eigenvalue weighted by atomic mass is 10.3. The van der Waals surface area contributed by atoms with E-state index >= 15 is 0 Å². The Hall–Kier alpha value is -0.0900. The van der Waals surface area contributed by atoms with Crippen LogP contribution in [0.25, 0.3) is 0 Å². The van der Waals surface area contributed by atoms with Gasteiger partial charge in [-0.25, -0.2) is 4.39 Å². The summed E-state index contributed by atoms with van der Waals surface area (Å²) in [6.07, 6.45) is 0. The molecule has 10 heavy (non-hydrogen) atoms. The number of halogens is 3. The number of nitrogens with two attached hydrogens (primary N) is 1. The fourth-order valence-corrected chi connectivity index (χ4v) is 1.80. The molecule has 0 fully saturated rings. The van der Waals surface area contributed by atoms with E-state index in [-0.39, 0.29) is 5.82 Å². The van der Waals surface area contributed by atoms with Crippen molar-refractivity contribution in [2.45, 2.75) is 0 Å². The van der Waals surface area contributed by atoms with Gasteiger partial charge in [0.1, 0.15) is 0 Å². The molecule has 0 bridgehead atoms. The first kappa shape index (κ1) is 8.01. The number of anilines is 1. The van der Waals surface area contributed by atoms with Crippen LogP contribution < -0.4 is 5.73 Å². The summed E-state index contributed by atoms with van der Waals surface area (Å²) < 4.78 is 13.5. The molecule has 0 atom stereocenters. The van der Waals surface area contributed by atoms with E-state index < -0.39 is 0 Å². The predicted octanol–water partition coefficient (Wildman–Crippen LogP) is 2.93. The molecule has 0 amide bonds. The summed E-state index contributed by atoms with van der Waals surface area (Å²) in [5.74, 6) is -0.325. The van der Waals surface area contributed by atoms with Gasteiger partial charge in [-0.3, -0.25) is 0 Å². The third-order valence-corrected chi connectivity index (χ3v) is 2.16. The van der Waals surface area contributed by atoms with Crippen LogP contribution in [0.4, 0.5) is 10.1 Å². The van der Waals surface area contributed by atoms with Crippen molar-refractivity contribution in [3.05, 3.63) is 26.9 Å². The van der Waals surface area contributed by atoms with E-state index in [2.05, 4.69) is 31.9 Å². The van der Waals surface area contributed by atoms with Crippen LogP contribution in [0.15, 0.2) is 21.1 Å². The number of hydrogen-bond acceptors (Lipinski definition) is 1. The quantitative estimate of drug-likeness (QED) is 0.568. The first-order chi connectivity index (χ1) is 4.61. The smallest absolute Gasteiger partial charge is 0.151 e. The normalized spacial score (nSPS) is 9.90. The maximum atomic E-state index is 12.8. The van der Waals surface area contributed by atoms with E-state index in [1.807, 2.05) is 0 Å². The van der Waals surface area contributed by atoms with Crippen molar-refractivity contribution < 1.29 is 4.39 Å². The molecule has 1 nitrogen and oxygen atoms in total. The molecule has 54 valence electrons. The summed E-state index contributed by atoms with van der Waals surface area (Å²) >= 11 is 6.02. The Morgan fingerprint density at radius 2 is 1.60 bits per heavy atom. The third-order valence-electron chi connectivity index (χ3n) is 1.01. The molecule has 0 aliphatic heterocycles. The van der Waals surface area contributed by atoms with Crippen LogP contribution in [-0.2, 0) is 0 Å². The van der Waals surface area contributed by atoms with E-state index in [0.29, 0.717) is 14.6 Å². The van der Waals surface area contributed by atoms with Crippen LogP contribution in [0.5, 0.6) is 0 Å². The second kappa shape index (κ2) is 2.88. The number of nitrogen functional groups attached to an aromatic ring is 1. The van der Waals surface area contributed by atoms with Gasteiger partial charge in [0.15, 0.2) is 5.82 Å². The molecule has 0 heterocycles. The molecule has 0 aliphatic carbocycles. The van der Waals surface area contributed by atoms with Gasteiger partial charge in [0.05, 0.1) is 8.95 Å². The van der Waals surface area contributed by atoms with Gasteiger partial charge in [-0.05, 0) is 44.0 Å². The zero-order valence-electron chi connectivity index (χ0n) is 4.87. The summed E-state index contributed by atoms with van der Waals surface area (Å²) in [6.45, 7) is 0. The molecule has 0 spiro atoms. The molecule has 0 aromatic heterocycles.